The average molecular weight is 681 g/mol. The number of rotatable bonds is 9. The van der Waals surface area contributed by atoms with Crippen molar-refractivity contribution in [2.24, 2.45) is 5.92 Å². The summed E-state index contributed by atoms with van der Waals surface area (Å²) >= 11 is 0. The summed E-state index contributed by atoms with van der Waals surface area (Å²) < 4.78 is 78.1. The Bertz CT molecular complexity index is 1740. The number of anilines is 1. The second-order valence-corrected chi connectivity index (χ2v) is 13.6. The van der Waals surface area contributed by atoms with Crippen molar-refractivity contribution in [1.82, 2.24) is 24.8 Å². The number of carboxylic acid groups (broad SMARTS) is 1. The van der Waals surface area contributed by atoms with Gasteiger partial charge in [-0.3, -0.25) is 0 Å². The number of aromatic amines is 1. The molecule has 2 aliphatic heterocycles. The Balaban J connectivity index is 1.32. The average Bonchev–Trinajstić information content (AvgIpc) is 3.46. The molecule has 2 atom stereocenters. The van der Waals surface area contributed by atoms with Gasteiger partial charge in [-0.05, 0) is 31.2 Å². The fraction of sp³-hybridized carbons (Fsp3) is 0.467. The lowest BCUT2D eigenvalue weighted by Gasteiger charge is -2.37. The first-order valence-corrected chi connectivity index (χ1v) is 16.8. The van der Waals surface area contributed by atoms with Crippen molar-refractivity contribution in [3.63, 3.8) is 0 Å². The van der Waals surface area contributed by atoms with Crippen LogP contribution in [0.5, 0.6) is 0 Å². The minimum atomic E-state index is -4.82. The van der Waals surface area contributed by atoms with Crippen molar-refractivity contribution in [2.75, 3.05) is 51.0 Å². The van der Waals surface area contributed by atoms with E-state index in [-0.39, 0.29) is 52.9 Å². The van der Waals surface area contributed by atoms with E-state index in [9.17, 15) is 36.3 Å². The first-order valence-electron chi connectivity index (χ1n) is 14.9. The summed E-state index contributed by atoms with van der Waals surface area (Å²) in [4.78, 5) is 37.6. The van der Waals surface area contributed by atoms with Crippen LogP contribution in [0.3, 0.4) is 0 Å². The molecule has 2 saturated heterocycles. The predicted octanol–water partition coefficient (Wildman–Crippen LogP) is 4.63. The highest BCUT2D eigenvalue weighted by Crippen LogP contribution is 2.39. The fourth-order valence-corrected chi connectivity index (χ4v) is 6.75. The van der Waals surface area contributed by atoms with E-state index in [0.717, 1.165) is 6.26 Å². The maximum atomic E-state index is 14.1. The summed E-state index contributed by atoms with van der Waals surface area (Å²) in [6, 6.07) is 3.71. The number of carbonyl (C=O) groups excluding carboxylic acids is 1. The third kappa shape index (κ3) is 7.96. The summed E-state index contributed by atoms with van der Waals surface area (Å²) in [5.41, 5.74) is -1.41. The molecular weight excluding hydrogens is 645 g/mol. The van der Waals surface area contributed by atoms with Crippen molar-refractivity contribution in [2.45, 2.75) is 42.5 Å². The van der Waals surface area contributed by atoms with E-state index < -0.39 is 51.6 Å². The lowest BCUT2D eigenvalue weighted by Crippen LogP contribution is -2.51. The van der Waals surface area contributed by atoms with Gasteiger partial charge >= 0.3 is 18.4 Å². The molecule has 254 valence electrons. The molecule has 0 bridgehead atoms. The number of likely N-dealkylation sites (tertiary alicyclic amines) is 2. The van der Waals surface area contributed by atoms with Crippen molar-refractivity contribution < 1.29 is 45.8 Å². The van der Waals surface area contributed by atoms with Gasteiger partial charge in [-0.2, -0.15) is 13.2 Å². The molecule has 3 N–H and O–H groups in total. The van der Waals surface area contributed by atoms with E-state index in [4.69, 9.17) is 9.47 Å². The van der Waals surface area contributed by atoms with Crippen LogP contribution in [0, 0.1) is 5.92 Å². The van der Waals surface area contributed by atoms with Crippen LogP contribution < -0.4 is 5.32 Å². The normalized spacial score (nSPS) is 19.5. The van der Waals surface area contributed by atoms with Crippen LogP contribution in [-0.4, -0.2) is 108 Å². The molecular formula is C30H35F3N6O7S. The van der Waals surface area contributed by atoms with Gasteiger partial charge in [-0.1, -0.05) is 24.8 Å². The Kier molecular flexibility index (Phi) is 9.95. The number of piperidine rings is 2. The van der Waals surface area contributed by atoms with Gasteiger partial charge in [0.15, 0.2) is 9.84 Å². The summed E-state index contributed by atoms with van der Waals surface area (Å²) in [6.07, 6.45) is -0.792. The summed E-state index contributed by atoms with van der Waals surface area (Å²) in [6.45, 7) is 5.13. The van der Waals surface area contributed by atoms with E-state index in [0.29, 0.717) is 45.2 Å². The first-order chi connectivity index (χ1) is 22.2. The number of ether oxygens (including phenoxy) is 2. The second-order valence-electron chi connectivity index (χ2n) is 11.6. The molecule has 0 saturated carbocycles. The fourth-order valence-electron chi connectivity index (χ4n) is 5.89. The number of sulfone groups is 1. The number of hydrogen-bond acceptors (Lipinski definition) is 9. The minimum Gasteiger partial charge on any atom is -0.465 e. The number of carbonyl (C=O) groups is 2. The highest BCUT2D eigenvalue weighted by atomic mass is 32.2. The maximum absolute atomic E-state index is 14.1. The first kappa shape index (κ1) is 34.0. The number of amides is 2. The van der Waals surface area contributed by atoms with Crippen molar-refractivity contribution in [3.05, 3.63) is 48.8 Å². The Morgan fingerprint density at radius 2 is 1.96 bits per heavy atom. The molecule has 2 fully saturated rings. The number of nitrogens with zero attached hydrogens (tertiary/aromatic N) is 4. The zero-order valence-electron chi connectivity index (χ0n) is 25.5. The number of para-hydroxylation sites is 1. The molecule has 1 aromatic carbocycles. The summed E-state index contributed by atoms with van der Waals surface area (Å²) in [5, 5.41) is 13.0. The molecule has 2 unspecified atom stereocenters. The van der Waals surface area contributed by atoms with Crippen molar-refractivity contribution >= 4 is 38.9 Å². The van der Waals surface area contributed by atoms with Gasteiger partial charge in [-0.15, -0.1) is 0 Å². The zero-order chi connectivity index (χ0) is 33.9. The molecule has 0 aliphatic carbocycles. The van der Waals surface area contributed by atoms with Gasteiger partial charge in [0, 0.05) is 61.9 Å². The molecule has 0 spiro atoms. The lowest BCUT2D eigenvalue weighted by molar-refractivity contribution is -0.137. The monoisotopic (exact) mass is 680 g/mol. The van der Waals surface area contributed by atoms with Crippen molar-refractivity contribution in [1.29, 1.82) is 0 Å². The van der Waals surface area contributed by atoms with Crippen molar-refractivity contribution in [3.8, 4) is 11.3 Å². The topological polar surface area (TPSA) is 167 Å². The molecule has 5 rings (SSSR count). The van der Waals surface area contributed by atoms with Gasteiger partial charge in [0.1, 0.15) is 12.2 Å². The number of benzene rings is 1. The third-order valence-electron chi connectivity index (χ3n) is 8.21. The Morgan fingerprint density at radius 3 is 2.62 bits per heavy atom. The largest absolute Gasteiger partial charge is 0.465 e. The maximum Gasteiger partial charge on any atom is 0.419 e. The Morgan fingerprint density at radius 1 is 1.21 bits per heavy atom. The van der Waals surface area contributed by atoms with Gasteiger partial charge in [0.25, 0.3) is 0 Å². The minimum absolute atomic E-state index is 0.0188. The van der Waals surface area contributed by atoms with Crippen LogP contribution in [0.4, 0.5) is 28.7 Å². The quantitative estimate of drug-likeness (QED) is 0.271. The van der Waals surface area contributed by atoms with Gasteiger partial charge in [-0.25, -0.2) is 28.0 Å². The Labute approximate surface area is 268 Å². The molecule has 2 aliphatic rings. The molecule has 2 amide bonds. The predicted molar refractivity (Wildman–Crippen MR) is 165 cm³/mol. The number of fused-ring (bicyclic) bond motifs is 1. The number of hydrogen-bond donors (Lipinski definition) is 3. The van der Waals surface area contributed by atoms with E-state index in [1.807, 2.05) is 0 Å². The standard InChI is InChI=1S/C30H35F3N6O7S/c1-3-11-45-29(42)38-9-7-18(8-10-38)17-46-20-12-19(15-39(16-20)28(40)41)36-27-35-14-23(30(31,32)33)25(37-27)22-13-34-26-21(22)5-4-6-24(26)47(2,43)44/h3-6,13-14,18-20,34H,1,7-12,15-17H2,2H3,(H,40,41)(H,35,36,37). The van der Waals surface area contributed by atoms with E-state index in [2.05, 4.69) is 26.8 Å². The van der Waals surface area contributed by atoms with Crippen LogP contribution in [-0.2, 0) is 25.5 Å². The molecule has 3 aromatic rings. The van der Waals surface area contributed by atoms with Gasteiger partial charge in [0.05, 0.1) is 28.8 Å². The third-order valence-corrected chi connectivity index (χ3v) is 9.35. The smallest absolute Gasteiger partial charge is 0.419 e. The second kappa shape index (κ2) is 13.8. The van der Waals surface area contributed by atoms with Crippen LogP contribution in [0.1, 0.15) is 24.8 Å². The van der Waals surface area contributed by atoms with Crippen LogP contribution in [0.25, 0.3) is 22.2 Å². The number of H-pyrrole nitrogens is 1. The molecule has 0 radical (unpaired) electrons. The number of aromatic nitrogens is 3. The van der Waals surface area contributed by atoms with Gasteiger partial charge < -0.3 is 34.7 Å². The lowest BCUT2D eigenvalue weighted by atomic mass is 9.97. The SMILES string of the molecule is C=CCOC(=O)N1CCC(COC2CC(Nc3ncc(C(F)(F)F)c(-c4c[nH]c5c(S(C)(=O)=O)cccc45)n3)CN(C(=O)O)C2)CC1. The van der Waals surface area contributed by atoms with Crippen LogP contribution in [0.2, 0.25) is 0 Å². The van der Waals surface area contributed by atoms with Crippen LogP contribution in [0.15, 0.2) is 48.1 Å². The van der Waals surface area contributed by atoms with Gasteiger partial charge in [0.2, 0.25) is 5.95 Å². The zero-order valence-corrected chi connectivity index (χ0v) is 26.3. The Hall–Kier alpha value is -4.38. The molecule has 47 heavy (non-hydrogen) atoms. The number of nitrogens with one attached hydrogen (secondary N) is 2. The van der Waals surface area contributed by atoms with E-state index in [1.54, 1.807) is 4.90 Å². The number of alkyl halides is 3. The molecule has 17 heteroatoms. The van der Waals surface area contributed by atoms with Crippen LogP contribution >= 0.6 is 0 Å². The van der Waals surface area contributed by atoms with E-state index in [1.165, 1.54) is 35.4 Å². The molecule has 13 nitrogen and oxygen atoms in total. The molecule has 4 heterocycles. The molecule has 2 aromatic heterocycles. The summed E-state index contributed by atoms with van der Waals surface area (Å²) in [5.74, 6) is -0.0152. The van der Waals surface area contributed by atoms with E-state index >= 15 is 0 Å². The highest BCUT2D eigenvalue weighted by molar-refractivity contribution is 7.91. The summed E-state index contributed by atoms with van der Waals surface area (Å²) in [7, 11) is -3.69. The highest BCUT2D eigenvalue weighted by Gasteiger charge is 2.37. The number of halogens is 3.